The lowest BCUT2D eigenvalue weighted by Gasteiger charge is -2.58. The summed E-state index contributed by atoms with van der Waals surface area (Å²) in [5, 5.41) is 10.4. The molecule has 9 atom stereocenters. The van der Waals surface area contributed by atoms with Crippen molar-refractivity contribution < 1.29 is 14.6 Å². The first-order valence-electron chi connectivity index (χ1n) is 12.6. The third kappa shape index (κ3) is 3.34. The lowest BCUT2D eigenvalue weighted by Crippen LogP contribution is -2.51. The smallest absolute Gasteiger partial charge is 0.157 e. The van der Waals surface area contributed by atoms with Crippen molar-refractivity contribution in [2.75, 3.05) is 6.61 Å². The average molecular weight is 403 g/mol. The third-order valence-corrected chi connectivity index (χ3v) is 10.2. The van der Waals surface area contributed by atoms with Crippen molar-refractivity contribution in [3.8, 4) is 0 Å². The van der Waals surface area contributed by atoms with Crippen LogP contribution in [0.3, 0.4) is 0 Å². The fraction of sp³-hybridized carbons (Fsp3) is 0.923. The van der Waals surface area contributed by atoms with Crippen LogP contribution < -0.4 is 0 Å². The van der Waals surface area contributed by atoms with E-state index in [-0.39, 0.29) is 12.4 Å². The maximum Gasteiger partial charge on any atom is 0.157 e. The maximum absolute atomic E-state index is 10.4. The van der Waals surface area contributed by atoms with Gasteiger partial charge in [0.05, 0.1) is 12.2 Å². The van der Waals surface area contributed by atoms with Gasteiger partial charge in [-0.15, -0.1) is 0 Å². The van der Waals surface area contributed by atoms with Crippen LogP contribution in [0, 0.1) is 34.5 Å². The van der Waals surface area contributed by atoms with Gasteiger partial charge in [-0.2, -0.15) is 0 Å². The van der Waals surface area contributed by atoms with Gasteiger partial charge in [0.15, 0.2) is 6.29 Å². The first-order valence-corrected chi connectivity index (χ1v) is 12.6. The lowest BCUT2D eigenvalue weighted by molar-refractivity contribution is -0.195. The van der Waals surface area contributed by atoms with Gasteiger partial charge in [0.25, 0.3) is 0 Å². The van der Waals surface area contributed by atoms with Gasteiger partial charge in [-0.25, -0.2) is 0 Å². The van der Waals surface area contributed by atoms with E-state index in [0.29, 0.717) is 22.9 Å². The van der Waals surface area contributed by atoms with Gasteiger partial charge >= 0.3 is 0 Å². The highest BCUT2D eigenvalue weighted by molar-refractivity contribution is 5.25. The molecule has 4 fully saturated rings. The Morgan fingerprint density at radius 1 is 1.07 bits per heavy atom. The van der Waals surface area contributed by atoms with Crippen LogP contribution in [0.1, 0.15) is 91.4 Å². The minimum absolute atomic E-state index is 0.0429. The number of ether oxygens (including phenoxy) is 2. The predicted molar refractivity (Wildman–Crippen MR) is 115 cm³/mol. The molecular weight excluding hydrogens is 360 g/mol. The molecule has 5 rings (SSSR count). The number of fused-ring (bicyclic) bond motifs is 5. The lowest BCUT2D eigenvalue weighted by atomic mass is 9.47. The van der Waals surface area contributed by atoms with E-state index in [0.717, 1.165) is 37.2 Å². The van der Waals surface area contributed by atoms with E-state index < -0.39 is 0 Å². The number of rotatable bonds is 3. The molecule has 29 heavy (non-hydrogen) atoms. The second kappa shape index (κ2) is 7.64. The molecule has 0 bridgehead atoms. The van der Waals surface area contributed by atoms with Crippen molar-refractivity contribution in [1.29, 1.82) is 0 Å². The molecule has 0 amide bonds. The second-order valence-corrected chi connectivity index (χ2v) is 11.5. The standard InChI is InChI=1S/C26H42O3/c1-17(27)21-9-10-22-20-8-7-18-16-19(29-24-6-4-5-15-28-24)11-13-25(18,2)23(20)12-14-26(21,22)3/h7,17,19-24,27H,4-6,8-16H2,1-3H3/t17?,19-,20-,21+,22-,23-,24?,25-,26+/m0/s1. The summed E-state index contributed by atoms with van der Waals surface area (Å²) < 4.78 is 12.3. The first kappa shape index (κ1) is 20.5. The molecule has 3 heteroatoms. The van der Waals surface area contributed by atoms with Crippen LogP contribution in [-0.4, -0.2) is 30.2 Å². The maximum atomic E-state index is 10.4. The summed E-state index contributed by atoms with van der Waals surface area (Å²) in [6.45, 7) is 7.98. The van der Waals surface area contributed by atoms with E-state index in [1.54, 1.807) is 5.57 Å². The van der Waals surface area contributed by atoms with Crippen molar-refractivity contribution in [3.63, 3.8) is 0 Å². The molecule has 0 spiro atoms. The van der Waals surface area contributed by atoms with Crippen LogP contribution in [0.5, 0.6) is 0 Å². The van der Waals surface area contributed by atoms with Crippen molar-refractivity contribution >= 4 is 0 Å². The Labute approximate surface area is 177 Å². The molecule has 2 unspecified atom stereocenters. The van der Waals surface area contributed by atoms with Crippen LogP contribution in [0.25, 0.3) is 0 Å². The fourth-order valence-corrected chi connectivity index (χ4v) is 8.61. The molecule has 0 aromatic rings. The number of aliphatic hydroxyl groups is 1. The first-order chi connectivity index (χ1) is 13.9. The highest BCUT2D eigenvalue weighted by Gasteiger charge is 2.59. The van der Waals surface area contributed by atoms with Gasteiger partial charge in [0.1, 0.15) is 0 Å². The van der Waals surface area contributed by atoms with Gasteiger partial charge in [0.2, 0.25) is 0 Å². The number of allylic oxidation sites excluding steroid dienone is 1. The van der Waals surface area contributed by atoms with E-state index >= 15 is 0 Å². The van der Waals surface area contributed by atoms with Crippen LogP contribution in [0.15, 0.2) is 11.6 Å². The van der Waals surface area contributed by atoms with Gasteiger partial charge in [-0.05, 0) is 112 Å². The molecule has 3 nitrogen and oxygen atoms in total. The summed E-state index contributed by atoms with van der Waals surface area (Å²) in [5.41, 5.74) is 2.43. The zero-order valence-electron chi connectivity index (χ0n) is 18.9. The molecular formula is C26H42O3. The fourth-order valence-electron chi connectivity index (χ4n) is 8.61. The minimum atomic E-state index is -0.151. The van der Waals surface area contributed by atoms with Crippen molar-refractivity contribution in [2.24, 2.45) is 34.5 Å². The molecule has 0 radical (unpaired) electrons. The van der Waals surface area contributed by atoms with Gasteiger partial charge < -0.3 is 14.6 Å². The molecule has 4 aliphatic carbocycles. The van der Waals surface area contributed by atoms with Gasteiger partial charge in [-0.3, -0.25) is 0 Å². The Hall–Kier alpha value is -0.380. The number of hydrogen-bond acceptors (Lipinski definition) is 3. The normalized spacial score (nSPS) is 50.8. The molecule has 3 saturated carbocycles. The topological polar surface area (TPSA) is 38.7 Å². The monoisotopic (exact) mass is 402 g/mol. The highest BCUT2D eigenvalue weighted by Crippen LogP contribution is 2.66. The summed E-state index contributed by atoms with van der Waals surface area (Å²) in [6, 6.07) is 0. The summed E-state index contributed by atoms with van der Waals surface area (Å²) in [5.74, 6) is 2.97. The third-order valence-electron chi connectivity index (χ3n) is 10.2. The largest absolute Gasteiger partial charge is 0.393 e. The molecule has 1 N–H and O–H groups in total. The zero-order chi connectivity index (χ0) is 20.2. The van der Waals surface area contributed by atoms with Crippen LogP contribution >= 0.6 is 0 Å². The van der Waals surface area contributed by atoms with Crippen LogP contribution in [0.2, 0.25) is 0 Å². The Morgan fingerprint density at radius 2 is 1.93 bits per heavy atom. The predicted octanol–water partition coefficient (Wildman–Crippen LogP) is 5.86. The summed E-state index contributed by atoms with van der Waals surface area (Å²) in [6.07, 6.45) is 16.5. The second-order valence-electron chi connectivity index (χ2n) is 11.5. The quantitative estimate of drug-likeness (QED) is 0.601. The van der Waals surface area contributed by atoms with E-state index in [9.17, 15) is 5.11 Å². The van der Waals surface area contributed by atoms with Crippen molar-refractivity contribution in [3.05, 3.63) is 11.6 Å². The Bertz CT molecular complexity index is 636. The van der Waals surface area contributed by atoms with E-state index in [4.69, 9.17) is 9.47 Å². The SMILES string of the molecule is CC(O)[C@H]1CC[C@H]2[C@@H]3CC=C4C[C@@H](OC5CCCCO5)CC[C@]4(C)[C@H]3CC[C@]12C. The summed E-state index contributed by atoms with van der Waals surface area (Å²) in [4.78, 5) is 0. The Balaban J connectivity index is 1.31. The van der Waals surface area contributed by atoms with E-state index in [2.05, 4.69) is 19.9 Å². The molecule has 1 heterocycles. The summed E-state index contributed by atoms with van der Waals surface area (Å²) in [7, 11) is 0. The molecule has 0 aromatic carbocycles. The highest BCUT2D eigenvalue weighted by atomic mass is 16.7. The molecule has 164 valence electrons. The van der Waals surface area contributed by atoms with Gasteiger partial charge in [-0.1, -0.05) is 25.5 Å². The Morgan fingerprint density at radius 3 is 2.69 bits per heavy atom. The average Bonchev–Trinajstić information content (AvgIpc) is 3.06. The van der Waals surface area contributed by atoms with Crippen molar-refractivity contribution in [2.45, 2.75) is 110 Å². The number of hydrogen-bond donors (Lipinski definition) is 1. The minimum Gasteiger partial charge on any atom is -0.393 e. The Kier molecular flexibility index (Phi) is 5.40. The van der Waals surface area contributed by atoms with E-state index in [1.807, 2.05) is 6.92 Å². The molecule has 0 aromatic heterocycles. The number of aliphatic hydroxyl groups excluding tert-OH is 1. The summed E-state index contributed by atoms with van der Waals surface area (Å²) >= 11 is 0. The molecule has 1 saturated heterocycles. The van der Waals surface area contributed by atoms with Gasteiger partial charge in [0, 0.05) is 6.61 Å². The molecule has 5 aliphatic rings. The van der Waals surface area contributed by atoms with E-state index in [1.165, 1.54) is 57.8 Å². The zero-order valence-corrected chi connectivity index (χ0v) is 18.9. The van der Waals surface area contributed by atoms with Crippen molar-refractivity contribution in [1.82, 2.24) is 0 Å². The van der Waals surface area contributed by atoms with Crippen LogP contribution in [-0.2, 0) is 9.47 Å². The van der Waals surface area contributed by atoms with Crippen LogP contribution in [0.4, 0.5) is 0 Å². The molecule has 1 aliphatic heterocycles.